The van der Waals surface area contributed by atoms with Gasteiger partial charge in [0.2, 0.25) is 9.84 Å². The number of nitriles is 1. The average molecular weight is 410 g/mol. The number of halogens is 1. The van der Waals surface area contributed by atoms with Crippen LogP contribution in [0.5, 0.6) is 5.75 Å². The summed E-state index contributed by atoms with van der Waals surface area (Å²) in [6, 6.07) is 23.9. The molecule has 140 valence electrons. The first-order valence-corrected chi connectivity index (χ1v) is 10.2. The van der Waals surface area contributed by atoms with E-state index in [0.29, 0.717) is 22.9 Å². The van der Waals surface area contributed by atoms with E-state index >= 15 is 0 Å². The van der Waals surface area contributed by atoms with Crippen LogP contribution in [0.15, 0.2) is 88.7 Å². The van der Waals surface area contributed by atoms with Gasteiger partial charge in [-0.2, -0.15) is 5.26 Å². The summed E-state index contributed by atoms with van der Waals surface area (Å²) in [7, 11) is -3.85. The van der Waals surface area contributed by atoms with Gasteiger partial charge in [0.15, 0.2) is 0 Å². The molecule has 0 aliphatic rings. The molecule has 0 heterocycles. The Morgan fingerprint density at radius 1 is 1.00 bits per heavy atom. The molecule has 0 N–H and O–H groups in total. The molecule has 0 saturated heterocycles. The lowest BCUT2D eigenvalue weighted by Gasteiger charge is -2.07. The molecule has 0 aliphatic heterocycles. The maximum Gasteiger partial charge on any atom is 0.216 e. The predicted molar refractivity (Wildman–Crippen MR) is 109 cm³/mol. The first-order valence-electron chi connectivity index (χ1n) is 8.38. The first kappa shape index (κ1) is 19.7. The Morgan fingerprint density at radius 3 is 2.36 bits per heavy atom. The molecule has 3 rings (SSSR count). The monoisotopic (exact) mass is 409 g/mol. The number of sulfone groups is 1. The van der Waals surface area contributed by atoms with Crippen molar-refractivity contribution in [3.05, 3.63) is 99.9 Å². The number of hydrogen-bond donors (Lipinski definition) is 0. The highest BCUT2D eigenvalue weighted by molar-refractivity contribution is 7.95. The molecule has 0 unspecified atom stereocenters. The van der Waals surface area contributed by atoms with Crippen molar-refractivity contribution < 1.29 is 13.2 Å². The van der Waals surface area contributed by atoms with Crippen LogP contribution < -0.4 is 4.74 Å². The minimum atomic E-state index is -3.85. The summed E-state index contributed by atoms with van der Waals surface area (Å²) in [5.41, 5.74) is 1.53. The zero-order chi connectivity index (χ0) is 20.0. The molecule has 0 aliphatic carbocycles. The van der Waals surface area contributed by atoms with Crippen LogP contribution in [-0.2, 0) is 16.4 Å². The van der Waals surface area contributed by atoms with Crippen LogP contribution in [0, 0.1) is 11.3 Å². The van der Waals surface area contributed by atoms with Crippen LogP contribution in [0.4, 0.5) is 0 Å². The van der Waals surface area contributed by atoms with E-state index in [4.69, 9.17) is 16.3 Å². The smallest absolute Gasteiger partial charge is 0.216 e. The maximum absolute atomic E-state index is 12.6. The summed E-state index contributed by atoms with van der Waals surface area (Å²) in [4.78, 5) is -0.226. The lowest BCUT2D eigenvalue weighted by Crippen LogP contribution is -2.03. The van der Waals surface area contributed by atoms with Gasteiger partial charge in [-0.15, -0.1) is 0 Å². The Balaban J connectivity index is 1.76. The maximum atomic E-state index is 12.6. The average Bonchev–Trinajstić information content (AvgIpc) is 2.72. The number of benzene rings is 3. The molecule has 0 bridgehead atoms. The molecule has 0 amide bonds. The van der Waals surface area contributed by atoms with Gasteiger partial charge in [-0.1, -0.05) is 54.1 Å². The summed E-state index contributed by atoms with van der Waals surface area (Å²) in [5.74, 6) is 0.626. The van der Waals surface area contributed by atoms with E-state index in [1.807, 2.05) is 18.2 Å². The number of rotatable bonds is 6. The van der Waals surface area contributed by atoms with Gasteiger partial charge in [-0.25, -0.2) is 8.42 Å². The molecular weight excluding hydrogens is 394 g/mol. The Kier molecular flexibility index (Phi) is 6.15. The van der Waals surface area contributed by atoms with Gasteiger partial charge in [0, 0.05) is 5.02 Å². The molecule has 28 heavy (non-hydrogen) atoms. The van der Waals surface area contributed by atoms with E-state index in [-0.39, 0.29) is 9.80 Å². The fourth-order valence-corrected chi connectivity index (χ4v) is 3.90. The zero-order valence-corrected chi connectivity index (χ0v) is 16.3. The third kappa shape index (κ3) is 4.80. The Bertz CT molecular complexity index is 1130. The van der Waals surface area contributed by atoms with Gasteiger partial charge in [0.05, 0.1) is 4.90 Å². The van der Waals surface area contributed by atoms with Crippen molar-refractivity contribution in [3.63, 3.8) is 0 Å². The van der Waals surface area contributed by atoms with Crippen molar-refractivity contribution in [2.24, 2.45) is 0 Å². The number of ether oxygens (including phenoxy) is 1. The standard InChI is InChI=1S/C22H16ClNO3S/c23-19-6-4-5-18(13-19)16-27-20-11-9-17(10-12-20)14-22(15-24)28(25,26)21-7-2-1-3-8-21/h1-14H,16H2. The van der Waals surface area contributed by atoms with Crippen molar-refractivity contribution in [3.8, 4) is 11.8 Å². The minimum Gasteiger partial charge on any atom is -0.489 e. The van der Waals surface area contributed by atoms with Gasteiger partial charge in [-0.05, 0) is 53.6 Å². The molecule has 0 spiro atoms. The topological polar surface area (TPSA) is 67.2 Å². The number of allylic oxidation sites excluding steroid dienone is 1. The van der Waals surface area contributed by atoms with Crippen molar-refractivity contribution in [2.45, 2.75) is 11.5 Å². The Labute approximate surface area is 169 Å². The molecule has 0 radical (unpaired) electrons. The predicted octanol–water partition coefficient (Wildman–Crippen LogP) is 5.26. The minimum absolute atomic E-state index is 0.0873. The van der Waals surface area contributed by atoms with Gasteiger partial charge in [0.25, 0.3) is 0 Å². The molecule has 3 aromatic rings. The Morgan fingerprint density at radius 2 is 1.71 bits per heavy atom. The van der Waals surface area contributed by atoms with Crippen molar-refractivity contribution in [1.29, 1.82) is 5.26 Å². The van der Waals surface area contributed by atoms with Crippen molar-refractivity contribution in [1.82, 2.24) is 0 Å². The van der Waals surface area contributed by atoms with E-state index < -0.39 is 9.84 Å². The van der Waals surface area contributed by atoms with E-state index in [9.17, 15) is 13.7 Å². The Hall–Kier alpha value is -3.07. The largest absolute Gasteiger partial charge is 0.489 e. The molecule has 0 aromatic heterocycles. The number of nitrogens with zero attached hydrogens (tertiary/aromatic N) is 1. The van der Waals surface area contributed by atoms with Crippen LogP contribution in [0.3, 0.4) is 0 Å². The summed E-state index contributed by atoms with van der Waals surface area (Å²) >= 11 is 5.95. The quantitative estimate of drug-likeness (QED) is 0.521. The second-order valence-corrected chi connectivity index (χ2v) is 8.28. The summed E-state index contributed by atoms with van der Waals surface area (Å²) in [5, 5.41) is 9.98. The normalized spacial score (nSPS) is 11.6. The fourth-order valence-electron chi connectivity index (χ4n) is 2.50. The molecule has 4 nitrogen and oxygen atoms in total. The first-order chi connectivity index (χ1) is 13.5. The second-order valence-electron chi connectivity index (χ2n) is 5.92. The van der Waals surface area contributed by atoms with Crippen molar-refractivity contribution >= 4 is 27.5 Å². The van der Waals surface area contributed by atoms with Crippen LogP contribution >= 0.6 is 11.6 Å². The van der Waals surface area contributed by atoms with E-state index in [1.54, 1.807) is 54.6 Å². The van der Waals surface area contributed by atoms with Gasteiger partial charge in [-0.3, -0.25) is 0 Å². The highest BCUT2D eigenvalue weighted by atomic mass is 35.5. The van der Waals surface area contributed by atoms with Crippen molar-refractivity contribution in [2.75, 3.05) is 0 Å². The van der Waals surface area contributed by atoms with Gasteiger partial charge >= 0.3 is 0 Å². The summed E-state index contributed by atoms with van der Waals surface area (Å²) < 4.78 is 30.9. The highest BCUT2D eigenvalue weighted by Gasteiger charge is 2.20. The van der Waals surface area contributed by atoms with Gasteiger partial charge < -0.3 is 4.74 Å². The van der Waals surface area contributed by atoms with Crippen LogP contribution in [0.25, 0.3) is 6.08 Å². The molecule has 6 heteroatoms. The molecule has 0 atom stereocenters. The van der Waals surface area contributed by atoms with E-state index in [2.05, 4.69) is 0 Å². The second kappa shape index (κ2) is 8.75. The fraction of sp³-hybridized carbons (Fsp3) is 0.0455. The lowest BCUT2D eigenvalue weighted by atomic mass is 10.2. The zero-order valence-electron chi connectivity index (χ0n) is 14.7. The van der Waals surface area contributed by atoms with E-state index in [0.717, 1.165) is 5.56 Å². The summed E-state index contributed by atoms with van der Waals surface area (Å²) in [6.45, 7) is 0.363. The molecule has 0 saturated carbocycles. The molecular formula is C22H16ClNO3S. The molecule has 0 fully saturated rings. The third-order valence-electron chi connectivity index (χ3n) is 3.93. The SMILES string of the molecule is N#CC(=Cc1ccc(OCc2cccc(Cl)c2)cc1)S(=O)(=O)c1ccccc1. The van der Waals surface area contributed by atoms with Crippen LogP contribution in [0.1, 0.15) is 11.1 Å². The molecule has 3 aromatic carbocycles. The third-order valence-corrected chi connectivity index (χ3v) is 5.84. The number of hydrogen-bond acceptors (Lipinski definition) is 4. The van der Waals surface area contributed by atoms with Crippen LogP contribution in [0.2, 0.25) is 5.02 Å². The van der Waals surface area contributed by atoms with Crippen LogP contribution in [-0.4, -0.2) is 8.42 Å². The lowest BCUT2D eigenvalue weighted by molar-refractivity contribution is 0.306. The van der Waals surface area contributed by atoms with Gasteiger partial charge in [0.1, 0.15) is 23.3 Å². The van der Waals surface area contributed by atoms with E-state index in [1.165, 1.54) is 18.2 Å². The summed E-state index contributed by atoms with van der Waals surface area (Å²) in [6.07, 6.45) is 1.35. The highest BCUT2D eigenvalue weighted by Crippen LogP contribution is 2.22.